The number of aromatic nitrogens is 2. The lowest BCUT2D eigenvalue weighted by Crippen LogP contribution is -2.10. The third kappa shape index (κ3) is 3.82. The number of ether oxygens (including phenoxy) is 1. The third-order valence-electron chi connectivity index (χ3n) is 2.60. The zero-order chi connectivity index (χ0) is 12.8. The minimum absolute atomic E-state index is 0.131. The van der Waals surface area contributed by atoms with Crippen LogP contribution in [0.3, 0.4) is 0 Å². The van der Waals surface area contributed by atoms with E-state index < -0.39 is 0 Å². The Morgan fingerprint density at radius 2 is 2.18 bits per heavy atom. The molecule has 0 aromatic carbocycles. The molecule has 17 heavy (non-hydrogen) atoms. The Labute approximate surface area is 107 Å². The molecule has 0 saturated heterocycles. The topological polar surface area (TPSA) is 44.1 Å². The Morgan fingerprint density at radius 3 is 2.71 bits per heavy atom. The van der Waals surface area contributed by atoms with Crippen LogP contribution in [0.25, 0.3) is 0 Å². The van der Waals surface area contributed by atoms with Crippen LogP contribution in [0.5, 0.6) is 0 Å². The third-order valence-corrected chi connectivity index (χ3v) is 3.03. The quantitative estimate of drug-likeness (QED) is 0.704. The molecular formula is C12H19ClN2O2. The predicted molar refractivity (Wildman–Crippen MR) is 67.4 cm³/mol. The number of Topliss-reactive ketones (excluding diaryl/α,β-unsaturated/α-hetero) is 1. The standard InChI is InChI=1S/C12H19ClN2O2/c1-4-10-12(13)11(15(3)14-10)8-9(16)6-7-17-5-2/h4-8H2,1-3H3. The summed E-state index contributed by atoms with van der Waals surface area (Å²) < 4.78 is 6.85. The highest BCUT2D eigenvalue weighted by atomic mass is 35.5. The van der Waals surface area contributed by atoms with E-state index in [9.17, 15) is 4.79 Å². The van der Waals surface area contributed by atoms with Crippen molar-refractivity contribution in [3.05, 3.63) is 16.4 Å². The summed E-state index contributed by atoms with van der Waals surface area (Å²) in [6.07, 6.45) is 1.53. The van der Waals surface area contributed by atoms with Crippen LogP contribution in [-0.2, 0) is 29.4 Å². The molecule has 4 nitrogen and oxygen atoms in total. The summed E-state index contributed by atoms with van der Waals surface area (Å²) >= 11 is 6.17. The molecule has 0 unspecified atom stereocenters. The molecule has 1 heterocycles. The van der Waals surface area contributed by atoms with Gasteiger partial charge in [-0.05, 0) is 13.3 Å². The molecule has 0 amide bonds. The van der Waals surface area contributed by atoms with E-state index >= 15 is 0 Å². The van der Waals surface area contributed by atoms with Crippen molar-refractivity contribution < 1.29 is 9.53 Å². The number of rotatable bonds is 7. The second-order valence-electron chi connectivity index (χ2n) is 3.85. The molecule has 0 atom stereocenters. The smallest absolute Gasteiger partial charge is 0.141 e. The fourth-order valence-corrected chi connectivity index (χ4v) is 1.98. The first-order chi connectivity index (χ1) is 8.10. The molecule has 0 aliphatic heterocycles. The van der Waals surface area contributed by atoms with Crippen molar-refractivity contribution in [1.82, 2.24) is 9.78 Å². The maximum absolute atomic E-state index is 11.7. The minimum atomic E-state index is 0.131. The van der Waals surface area contributed by atoms with Gasteiger partial charge in [0.15, 0.2) is 0 Å². The first-order valence-corrected chi connectivity index (χ1v) is 6.27. The molecule has 0 saturated carbocycles. The van der Waals surface area contributed by atoms with E-state index in [1.165, 1.54) is 0 Å². The number of halogens is 1. The zero-order valence-corrected chi connectivity index (χ0v) is 11.4. The monoisotopic (exact) mass is 258 g/mol. The van der Waals surface area contributed by atoms with Crippen molar-refractivity contribution >= 4 is 17.4 Å². The van der Waals surface area contributed by atoms with Gasteiger partial charge in [-0.1, -0.05) is 18.5 Å². The number of aryl methyl sites for hydroxylation is 2. The molecule has 1 aromatic heterocycles. The van der Waals surface area contributed by atoms with Gasteiger partial charge in [-0.3, -0.25) is 9.48 Å². The van der Waals surface area contributed by atoms with Crippen LogP contribution < -0.4 is 0 Å². The number of carbonyl (C=O) groups excluding carboxylic acids is 1. The predicted octanol–water partition coefficient (Wildman–Crippen LogP) is 2.17. The Kier molecular flexibility index (Phi) is 5.65. The Balaban J connectivity index is 2.62. The number of nitrogens with zero attached hydrogens (tertiary/aromatic N) is 2. The Bertz CT molecular complexity index is 388. The minimum Gasteiger partial charge on any atom is -0.381 e. The van der Waals surface area contributed by atoms with Gasteiger partial charge in [-0.25, -0.2) is 0 Å². The molecular weight excluding hydrogens is 240 g/mol. The van der Waals surface area contributed by atoms with Gasteiger partial charge in [0.2, 0.25) is 0 Å². The van der Waals surface area contributed by atoms with Gasteiger partial charge < -0.3 is 4.74 Å². The molecule has 0 N–H and O–H groups in total. The Hall–Kier alpha value is -0.870. The average molecular weight is 259 g/mol. The van der Waals surface area contributed by atoms with Crippen LogP contribution in [0.1, 0.15) is 31.7 Å². The van der Waals surface area contributed by atoms with Crippen LogP contribution in [0.15, 0.2) is 0 Å². The summed E-state index contributed by atoms with van der Waals surface area (Å²) in [6.45, 7) is 5.02. The molecule has 5 heteroatoms. The van der Waals surface area contributed by atoms with Crippen LogP contribution in [0.4, 0.5) is 0 Å². The van der Waals surface area contributed by atoms with E-state index in [0.717, 1.165) is 17.8 Å². The van der Waals surface area contributed by atoms with Gasteiger partial charge in [-0.15, -0.1) is 0 Å². The number of carbonyl (C=O) groups is 1. The van der Waals surface area contributed by atoms with Crippen molar-refractivity contribution in [1.29, 1.82) is 0 Å². The van der Waals surface area contributed by atoms with E-state index in [1.54, 1.807) is 4.68 Å². The molecule has 0 bridgehead atoms. The number of hydrogen-bond acceptors (Lipinski definition) is 3. The van der Waals surface area contributed by atoms with E-state index in [2.05, 4.69) is 5.10 Å². The van der Waals surface area contributed by atoms with E-state index in [4.69, 9.17) is 16.3 Å². The van der Waals surface area contributed by atoms with Gasteiger partial charge in [0.25, 0.3) is 0 Å². The highest BCUT2D eigenvalue weighted by Gasteiger charge is 2.15. The highest BCUT2D eigenvalue weighted by Crippen LogP contribution is 2.21. The lowest BCUT2D eigenvalue weighted by molar-refractivity contribution is -0.119. The molecule has 96 valence electrons. The molecule has 1 rings (SSSR count). The van der Waals surface area contributed by atoms with Gasteiger partial charge in [-0.2, -0.15) is 5.10 Å². The van der Waals surface area contributed by atoms with E-state index in [1.807, 2.05) is 20.9 Å². The summed E-state index contributed by atoms with van der Waals surface area (Å²) in [4.78, 5) is 11.7. The van der Waals surface area contributed by atoms with Crippen molar-refractivity contribution in [2.75, 3.05) is 13.2 Å². The van der Waals surface area contributed by atoms with Gasteiger partial charge in [0.05, 0.1) is 23.0 Å². The highest BCUT2D eigenvalue weighted by molar-refractivity contribution is 6.32. The first-order valence-electron chi connectivity index (χ1n) is 5.89. The fourth-order valence-electron chi connectivity index (χ4n) is 1.62. The first kappa shape index (κ1) is 14.2. The molecule has 0 aliphatic rings. The summed E-state index contributed by atoms with van der Waals surface area (Å²) in [5.74, 6) is 0.131. The van der Waals surface area contributed by atoms with Crippen LogP contribution in [0, 0.1) is 0 Å². The van der Waals surface area contributed by atoms with E-state index in [0.29, 0.717) is 31.1 Å². The van der Waals surface area contributed by atoms with Gasteiger partial charge in [0, 0.05) is 26.5 Å². The normalized spacial score (nSPS) is 10.8. The summed E-state index contributed by atoms with van der Waals surface area (Å²) in [5.41, 5.74) is 1.65. The maximum atomic E-state index is 11.7. The molecule has 0 aliphatic carbocycles. The number of hydrogen-bond donors (Lipinski definition) is 0. The molecule has 0 fully saturated rings. The van der Waals surface area contributed by atoms with Crippen molar-refractivity contribution in [3.63, 3.8) is 0 Å². The summed E-state index contributed by atoms with van der Waals surface area (Å²) in [6, 6.07) is 0. The van der Waals surface area contributed by atoms with Crippen LogP contribution in [0.2, 0.25) is 5.02 Å². The fraction of sp³-hybridized carbons (Fsp3) is 0.667. The van der Waals surface area contributed by atoms with Crippen LogP contribution in [-0.4, -0.2) is 28.8 Å². The largest absolute Gasteiger partial charge is 0.381 e. The maximum Gasteiger partial charge on any atom is 0.141 e. The van der Waals surface area contributed by atoms with Crippen LogP contribution >= 0.6 is 11.6 Å². The van der Waals surface area contributed by atoms with Crippen molar-refractivity contribution in [2.45, 2.75) is 33.1 Å². The second kappa shape index (κ2) is 6.77. The number of ketones is 1. The average Bonchev–Trinajstić information content (AvgIpc) is 2.57. The van der Waals surface area contributed by atoms with Crippen molar-refractivity contribution in [2.24, 2.45) is 7.05 Å². The van der Waals surface area contributed by atoms with E-state index in [-0.39, 0.29) is 5.78 Å². The molecule has 0 spiro atoms. The lowest BCUT2D eigenvalue weighted by Gasteiger charge is -2.03. The zero-order valence-electron chi connectivity index (χ0n) is 10.6. The van der Waals surface area contributed by atoms with Crippen molar-refractivity contribution in [3.8, 4) is 0 Å². The van der Waals surface area contributed by atoms with Gasteiger partial charge in [0.1, 0.15) is 5.78 Å². The molecule has 1 aromatic rings. The van der Waals surface area contributed by atoms with Gasteiger partial charge >= 0.3 is 0 Å². The summed E-state index contributed by atoms with van der Waals surface area (Å²) in [5, 5.41) is 4.90. The molecule has 0 radical (unpaired) electrons. The summed E-state index contributed by atoms with van der Waals surface area (Å²) in [7, 11) is 1.82. The lowest BCUT2D eigenvalue weighted by atomic mass is 10.1. The SMILES string of the molecule is CCOCCC(=O)Cc1c(Cl)c(CC)nn1C. The second-order valence-corrected chi connectivity index (χ2v) is 4.22. The Morgan fingerprint density at radius 1 is 1.47 bits per heavy atom.